The van der Waals surface area contributed by atoms with Crippen LogP contribution in [0.1, 0.15) is 29.8 Å². The van der Waals surface area contributed by atoms with E-state index >= 15 is 0 Å². The van der Waals surface area contributed by atoms with Crippen LogP contribution in [-0.4, -0.2) is 87.7 Å². The molecule has 206 valence electrons. The Morgan fingerprint density at radius 3 is 2.66 bits per heavy atom. The molecule has 18 heteroatoms. The number of aromatic nitrogens is 5. The Bertz CT molecular complexity index is 1450. The highest BCUT2D eigenvalue weighted by molar-refractivity contribution is 7.70. The lowest BCUT2D eigenvalue weighted by molar-refractivity contribution is -0.0549. The number of nitrogens with zero attached hydrogens (tertiary/aromatic N) is 6. The van der Waals surface area contributed by atoms with Crippen molar-refractivity contribution in [3.05, 3.63) is 40.7 Å². The third kappa shape index (κ3) is 5.36. The van der Waals surface area contributed by atoms with Crippen molar-refractivity contribution < 1.29 is 43.3 Å². The monoisotopic (exact) mass is 590 g/mol. The van der Waals surface area contributed by atoms with Crippen molar-refractivity contribution >= 4 is 43.8 Å². The first-order chi connectivity index (χ1) is 17.8. The highest BCUT2D eigenvalue weighted by Gasteiger charge is 2.46. The maximum absolute atomic E-state index is 12.0. The summed E-state index contributed by atoms with van der Waals surface area (Å²) in [6.45, 7) is -0.736. The SMILES string of the molecule is CN(c1nc(Cl)nc2c1nnn2[C@@H]1O[C@H](COP(=O)(O)CP(=O)(O)O)[C@@H](O)[C@H]1O)C1CCc2ccccc21. The molecular formula is C20H25ClN6O9P2. The number of anilines is 1. The molecule has 15 nitrogen and oxygen atoms in total. The van der Waals surface area contributed by atoms with Crippen LogP contribution in [0.5, 0.6) is 0 Å². The summed E-state index contributed by atoms with van der Waals surface area (Å²) in [5.74, 6) is -1.00. The summed E-state index contributed by atoms with van der Waals surface area (Å²) >= 11 is 6.24. The molecule has 1 aromatic carbocycles. The number of aliphatic hydroxyl groups excluding tert-OH is 2. The van der Waals surface area contributed by atoms with E-state index < -0.39 is 52.2 Å². The van der Waals surface area contributed by atoms with Gasteiger partial charge in [0.1, 0.15) is 18.3 Å². The summed E-state index contributed by atoms with van der Waals surface area (Å²) in [5.41, 5.74) is 2.78. The van der Waals surface area contributed by atoms with Gasteiger partial charge in [-0.15, -0.1) is 5.10 Å². The molecule has 1 fully saturated rings. The lowest BCUT2D eigenvalue weighted by atomic mass is 10.1. The molecule has 3 heterocycles. The maximum atomic E-state index is 12.0. The van der Waals surface area contributed by atoms with E-state index in [9.17, 15) is 24.2 Å². The standard InChI is InChI=1S/C20H25ClN6O9P2/c1-26(12-7-6-10-4-2-3-5-11(10)12)17-14-18(23-20(21)22-17)27(25-24-14)19-16(29)15(28)13(36-19)8-35-38(33,34)9-37(30,31)32/h2-5,12-13,15-16,19,28-29H,6-9H2,1H3,(H,33,34)(H2,30,31,32)/t12?,13-,15-,16-,19-/m1/s1. The van der Waals surface area contributed by atoms with Crippen molar-refractivity contribution in [2.24, 2.45) is 0 Å². The molecule has 0 spiro atoms. The molecule has 5 N–H and O–H groups in total. The van der Waals surface area contributed by atoms with Crippen LogP contribution in [0.15, 0.2) is 24.3 Å². The molecule has 1 aliphatic heterocycles. The predicted octanol–water partition coefficient (Wildman–Crippen LogP) is 0.955. The Labute approximate surface area is 220 Å². The van der Waals surface area contributed by atoms with Crippen LogP contribution < -0.4 is 4.90 Å². The van der Waals surface area contributed by atoms with E-state index in [2.05, 4.69) is 32.4 Å². The molecule has 6 atom stereocenters. The van der Waals surface area contributed by atoms with E-state index in [1.807, 2.05) is 24.1 Å². The van der Waals surface area contributed by atoms with Crippen LogP contribution in [0, 0.1) is 0 Å². The molecule has 0 saturated carbocycles. The molecule has 2 aromatic heterocycles. The van der Waals surface area contributed by atoms with Gasteiger partial charge in [-0.3, -0.25) is 9.13 Å². The fraction of sp³-hybridized carbons (Fsp3) is 0.500. The zero-order valence-electron chi connectivity index (χ0n) is 19.8. The zero-order chi connectivity index (χ0) is 27.4. The Morgan fingerprint density at radius 1 is 1.18 bits per heavy atom. The fourth-order valence-electron chi connectivity index (χ4n) is 4.82. The van der Waals surface area contributed by atoms with Crippen molar-refractivity contribution in [1.82, 2.24) is 25.0 Å². The van der Waals surface area contributed by atoms with Crippen LogP contribution in [0.25, 0.3) is 11.2 Å². The Hall–Kier alpha value is -2.03. The quantitative estimate of drug-likeness (QED) is 0.182. The lowest BCUT2D eigenvalue weighted by Gasteiger charge is -2.26. The molecule has 38 heavy (non-hydrogen) atoms. The lowest BCUT2D eigenvalue weighted by Crippen LogP contribution is -2.33. The van der Waals surface area contributed by atoms with Crippen molar-refractivity contribution in [1.29, 1.82) is 0 Å². The zero-order valence-corrected chi connectivity index (χ0v) is 22.4. The van der Waals surface area contributed by atoms with Gasteiger partial charge in [0.05, 0.1) is 12.6 Å². The first-order valence-electron chi connectivity index (χ1n) is 11.5. The summed E-state index contributed by atoms with van der Waals surface area (Å²) in [6.07, 6.45) is -4.09. The third-order valence-corrected chi connectivity index (χ3v) is 10.2. The summed E-state index contributed by atoms with van der Waals surface area (Å²) in [4.78, 5) is 38.1. The van der Waals surface area contributed by atoms with Gasteiger partial charge in [-0.25, -0.2) is 0 Å². The molecule has 2 aliphatic rings. The molecular weight excluding hydrogens is 566 g/mol. The Kier molecular flexibility index (Phi) is 7.37. The van der Waals surface area contributed by atoms with Crippen molar-refractivity contribution in [3.63, 3.8) is 0 Å². The van der Waals surface area contributed by atoms with Gasteiger partial charge in [-0.2, -0.15) is 14.6 Å². The van der Waals surface area contributed by atoms with Gasteiger partial charge >= 0.3 is 15.2 Å². The second-order valence-electron chi connectivity index (χ2n) is 9.17. The van der Waals surface area contributed by atoms with Crippen molar-refractivity contribution in [2.45, 2.75) is 43.4 Å². The molecule has 0 bridgehead atoms. The van der Waals surface area contributed by atoms with Gasteiger partial charge in [-0.1, -0.05) is 29.5 Å². The van der Waals surface area contributed by atoms with Gasteiger partial charge in [0.25, 0.3) is 0 Å². The number of aliphatic hydroxyl groups is 2. The minimum atomic E-state index is -4.84. The van der Waals surface area contributed by atoms with E-state index in [0.717, 1.165) is 23.1 Å². The molecule has 0 radical (unpaired) electrons. The van der Waals surface area contributed by atoms with Gasteiger partial charge in [0, 0.05) is 7.05 Å². The van der Waals surface area contributed by atoms with Gasteiger partial charge in [-0.05, 0) is 35.6 Å². The third-order valence-electron chi connectivity index (χ3n) is 6.56. The molecule has 3 aromatic rings. The van der Waals surface area contributed by atoms with E-state index in [0.29, 0.717) is 5.82 Å². The highest BCUT2D eigenvalue weighted by Crippen LogP contribution is 2.55. The first kappa shape index (κ1) is 27.5. The molecule has 1 saturated heterocycles. The average molecular weight is 591 g/mol. The predicted molar refractivity (Wildman–Crippen MR) is 133 cm³/mol. The fourth-order valence-corrected chi connectivity index (χ4v) is 7.55. The molecule has 0 amide bonds. The number of hydrogen-bond donors (Lipinski definition) is 5. The Morgan fingerprint density at radius 2 is 1.92 bits per heavy atom. The summed E-state index contributed by atoms with van der Waals surface area (Å²) < 4.78 is 34.5. The summed E-state index contributed by atoms with van der Waals surface area (Å²) in [6, 6.07) is 8.09. The van der Waals surface area contributed by atoms with Crippen molar-refractivity contribution in [3.8, 4) is 0 Å². The largest absolute Gasteiger partial charge is 0.387 e. The van der Waals surface area contributed by atoms with E-state index in [-0.39, 0.29) is 22.5 Å². The normalized spacial score (nSPS) is 27.0. The number of halogens is 1. The van der Waals surface area contributed by atoms with Gasteiger partial charge in [0.2, 0.25) is 5.28 Å². The number of aryl methyl sites for hydroxylation is 1. The molecule has 1 aliphatic carbocycles. The van der Waals surface area contributed by atoms with E-state index in [1.165, 1.54) is 5.56 Å². The first-order valence-corrected chi connectivity index (χ1v) is 15.4. The summed E-state index contributed by atoms with van der Waals surface area (Å²) in [5, 5.41) is 29.2. The molecule has 5 rings (SSSR count). The number of rotatable bonds is 8. The summed E-state index contributed by atoms with van der Waals surface area (Å²) in [7, 11) is -7.69. The topological polar surface area (TPSA) is 213 Å². The maximum Gasteiger partial charge on any atom is 0.340 e. The highest BCUT2D eigenvalue weighted by atomic mass is 35.5. The number of fused-ring (bicyclic) bond motifs is 2. The van der Waals surface area contributed by atoms with Crippen LogP contribution in [-0.2, 0) is 24.8 Å². The van der Waals surface area contributed by atoms with Crippen LogP contribution in [0.4, 0.5) is 5.82 Å². The molecule has 2 unspecified atom stereocenters. The van der Waals surface area contributed by atoms with Crippen molar-refractivity contribution in [2.75, 3.05) is 24.5 Å². The minimum absolute atomic E-state index is 0.00418. The number of benzene rings is 1. The van der Waals surface area contributed by atoms with Gasteiger partial charge in [0.15, 0.2) is 29.1 Å². The number of ether oxygens (including phenoxy) is 1. The Balaban J connectivity index is 1.40. The van der Waals surface area contributed by atoms with E-state index in [1.54, 1.807) is 0 Å². The smallest absolute Gasteiger partial charge is 0.340 e. The van der Waals surface area contributed by atoms with Crippen LogP contribution in [0.3, 0.4) is 0 Å². The van der Waals surface area contributed by atoms with Gasteiger partial charge < -0.3 is 39.1 Å². The minimum Gasteiger partial charge on any atom is -0.387 e. The average Bonchev–Trinajstić information content (AvgIpc) is 3.52. The van der Waals surface area contributed by atoms with Crippen LogP contribution in [0.2, 0.25) is 5.28 Å². The van der Waals surface area contributed by atoms with Crippen LogP contribution >= 0.6 is 26.8 Å². The second kappa shape index (κ2) is 10.2. The second-order valence-corrected chi connectivity index (χ2v) is 13.5. The van der Waals surface area contributed by atoms with E-state index in [4.69, 9.17) is 30.6 Å². The number of hydrogen-bond acceptors (Lipinski definition) is 11.